The van der Waals surface area contributed by atoms with Gasteiger partial charge in [0, 0.05) is 65.4 Å². The van der Waals surface area contributed by atoms with Crippen LogP contribution in [-0.4, -0.2) is 0 Å². The number of furan rings is 1. The molecule has 4 heteroatoms. The molecule has 0 N–H and O–H groups in total. The Hall–Kier alpha value is -6.62. The van der Waals surface area contributed by atoms with Crippen molar-refractivity contribution in [2.45, 2.75) is 0 Å². The Morgan fingerprint density at radius 1 is 0.346 bits per heavy atom. The van der Waals surface area contributed by atoms with Gasteiger partial charge in [-0.15, -0.1) is 11.3 Å². The molecule has 0 fully saturated rings. The molecule has 0 saturated heterocycles. The van der Waals surface area contributed by atoms with Crippen molar-refractivity contribution in [1.82, 2.24) is 0 Å². The van der Waals surface area contributed by atoms with E-state index in [0.29, 0.717) is 0 Å². The minimum atomic E-state index is 0.842. The van der Waals surface area contributed by atoms with Gasteiger partial charge in [-0.1, -0.05) is 115 Å². The van der Waals surface area contributed by atoms with Gasteiger partial charge in [-0.2, -0.15) is 0 Å². The van der Waals surface area contributed by atoms with Crippen LogP contribution in [0.3, 0.4) is 0 Å². The summed E-state index contributed by atoms with van der Waals surface area (Å²) in [6.07, 6.45) is 0. The Bertz CT molecular complexity index is 2800. The first-order valence-corrected chi connectivity index (χ1v) is 18.3. The van der Waals surface area contributed by atoms with Gasteiger partial charge in [0.15, 0.2) is 5.58 Å². The van der Waals surface area contributed by atoms with Crippen LogP contribution in [0.15, 0.2) is 199 Å². The smallest absolute Gasteiger partial charge is 0.159 e. The molecule has 8 aromatic carbocycles. The summed E-state index contributed by atoms with van der Waals surface area (Å²) in [5, 5.41) is 4.75. The summed E-state index contributed by atoms with van der Waals surface area (Å²) in [6.45, 7) is 0. The van der Waals surface area contributed by atoms with Crippen LogP contribution in [0.1, 0.15) is 0 Å². The average molecular weight is 685 g/mol. The van der Waals surface area contributed by atoms with Crippen molar-refractivity contribution in [3.8, 4) is 11.1 Å². The highest BCUT2D eigenvalue weighted by Crippen LogP contribution is 2.45. The highest BCUT2D eigenvalue weighted by molar-refractivity contribution is 7.25. The predicted octanol–water partition coefficient (Wildman–Crippen LogP) is 14.6. The fourth-order valence-electron chi connectivity index (χ4n) is 7.40. The Morgan fingerprint density at radius 3 is 1.62 bits per heavy atom. The Balaban J connectivity index is 1.14. The lowest BCUT2D eigenvalue weighted by molar-refractivity contribution is 0.669. The Labute approximate surface area is 305 Å². The van der Waals surface area contributed by atoms with Crippen molar-refractivity contribution in [3.63, 3.8) is 0 Å². The molecule has 0 spiro atoms. The second-order valence-corrected chi connectivity index (χ2v) is 14.1. The highest BCUT2D eigenvalue weighted by Gasteiger charge is 2.21. The molecule has 0 aliphatic carbocycles. The van der Waals surface area contributed by atoms with Crippen LogP contribution < -0.4 is 9.80 Å². The summed E-state index contributed by atoms with van der Waals surface area (Å²) in [7, 11) is 0. The summed E-state index contributed by atoms with van der Waals surface area (Å²) in [4.78, 5) is 4.61. The molecule has 0 unspecified atom stereocenters. The first-order chi connectivity index (χ1) is 25.8. The monoisotopic (exact) mass is 684 g/mol. The zero-order chi connectivity index (χ0) is 34.4. The molecule has 0 atom stereocenters. The van der Waals surface area contributed by atoms with Crippen molar-refractivity contribution in [2.75, 3.05) is 9.80 Å². The quantitative estimate of drug-likeness (QED) is 0.167. The molecule has 10 aromatic rings. The molecule has 2 aromatic heterocycles. The van der Waals surface area contributed by atoms with Gasteiger partial charge >= 0.3 is 0 Å². The molecule has 0 radical (unpaired) electrons. The number of hydrogen-bond donors (Lipinski definition) is 0. The molecular formula is C48H32N2OS. The van der Waals surface area contributed by atoms with E-state index < -0.39 is 0 Å². The topological polar surface area (TPSA) is 19.6 Å². The van der Waals surface area contributed by atoms with Gasteiger partial charge in [0.05, 0.1) is 5.69 Å². The molecule has 0 aliphatic rings. The number of nitrogens with zero attached hydrogens (tertiary/aromatic N) is 2. The number of rotatable bonds is 7. The summed E-state index contributed by atoms with van der Waals surface area (Å²) < 4.78 is 9.45. The van der Waals surface area contributed by atoms with E-state index in [1.807, 2.05) is 11.3 Å². The lowest BCUT2D eigenvalue weighted by Gasteiger charge is -2.26. The van der Waals surface area contributed by atoms with E-state index in [9.17, 15) is 0 Å². The van der Waals surface area contributed by atoms with Gasteiger partial charge in [-0.05, 0) is 83.9 Å². The van der Waals surface area contributed by atoms with Gasteiger partial charge in [-0.25, -0.2) is 0 Å². The van der Waals surface area contributed by atoms with E-state index in [4.69, 9.17) is 4.42 Å². The van der Waals surface area contributed by atoms with E-state index in [2.05, 4.69) is 204 Å². The zero-order valence-corrected chi connectivity index (χ0v) is 29.0. The van der Waals surface area contributed by atoms with Crippen LogP contribution in [0, 0.1) is 0 Å². The first kappa shape index (κ1) is 30.2. The molecule has 0 bridgehead atoms. The molecular weight excluding hydrogens is 653 g/mol. The molecule has 2 heterocycles. The van der Waals surface area contributed by atoms with Crippen LogP contribution in [0.5, 0.6) is 0 Å². The number of para-hydroxylation sites is 3. The van der Waals surface area contributed by atoms with Gasteiger partial charge < -0.3 is 14.2 Å². The number of benzene rings is 8. The Kier molecular flexibility index (Phi) is 7.33. The summed E-state index contributed by atoms with van der Waals surface area (Å²) in [6, 6.07) is 68.9. The number of anilines is 6. The van der Waals surface area contributed by atoms with Crippen molar-refractivity contribution in [3.05, 3.63) is 194 Å². The van der Waals surface area contributed by atoms with Crippen LogP contribution in [0.25, 0.3) is 53.2 Å². The predicted molar refractivity (Wildman–Crippen MR) is 221 cm³/mol. The van der Waals surface area contributed by atoms with E-state index >= 15 is 0 Å². The minimum absolute atomic E-state index is 0.842. The molecule has 0 amide bonds. The zero-order valence-electron chi connectivity index (χ0n) is 28.2. The molecule has 3 nitrogen and oxygen atoms in total. The molecule has 246 valence electrons. The van der Waals surface area contributed by atoms with Crippen molar-refractivity contribution in [1.29, 1.82) is 0 Å². The normalized spacial score (nSPS) is 11.5. The van der Waals surface area contributed by atoms with Crippen molar-refractivity contribution < 1.29 is 4.42 Å². The second kappa shape index (κ2) is 12.6. The fraction of sp³-hybridized carbons (Fsp3) is 0. The van der Waals surface area contributed by atoms with Gasteiger partial charge in [0.1, 0.15) is 5.58 Å². The SMILES string of the molecule is c1ccc(-c2ccc(N(c3ccc4c(c3)oc3c(N(c5ccccc5)c5ccccc5)cccc34)c3ccc4c(c3)sc3ccccc34)cc2)cc1. The molecule has 10 rings (SSSR count). The third-order valence-electron chi connectivity index (χ3n) is 9.84. The van der Waals surface area contributed by atoms with Crippen molar-refractivity contribution in [2.24, 2.45) is 0 Å². The maximum absolute atomic E-state index is 6.89. The fourth-order valence-corrected chi connectivity index (χ4v) is 8.54. The van der Waals surface area contributed by atoms with Crippen LogP contribution in [0.4, 0.5) is 34.1 Å². The van der Waals surface area contributed by atoms with Gasteiger partial charge in [0.25, 0.3) is 0 Å². The van der Waals surface area contributed by atoms with Crippen LogP contribution in [0.2, 0.25) is 0 Å². The Morgan fingerprint density at radius 2 is 0.885 bits per heavy atom. The standard InChI is InChI=1S/C48H32N2OS/c1-4-13-33(14-5-1)34-23-25-37(26-24-34)49(39-28-30-42-41-19-10-11-22-46(41)52-47(42)32-39)38-27-29-40-43-20-12-21-44(48(43)51-45(40)31-38)50(35-15-6-2-7-16-35)36-17-8-3-9-18-36/h1-32H. The first-order valence-electron chi connectivity index (χ1n) is 17.5. The van der Waals surface area contributed by atoms with E-state index in [-0.39, 0.29) is 0 Å². The number of thiophene rings is 1. The lowest BCUT2D eigenvalue weighted by Crippen LogP contribution is -2.09. The number of fused-ring (bicyclic) bond motifs is 6. The number of hydrogen-bond acceptors (Lipinski definition) is 4. The molecule has 0 saturated carbocycles. The molecule has 52 heavy (non-hydrogen) atoms. The summed E-state index contributed by atoms with van der Waals surface area (Å²) >= 11 is 1.84. The minimum Gasteiger partial charge on any atom is -0.454 e. The van der Waals surface area contributed by atoms with Gasteiger partial charge in [-0.3, -0.25) is 0 Å². The third-order valence-corrected chi connectivity index (χ3v) is 11.0. The third kappa shape index (κ3) is 5.20. The van der Waals surface area contributed by atoms with E-state index in [1.165, 1.54) is 31.3 Å². The van der Waals surface area contributed by atoms with Crippen LogP contribution in [-0.2, 0) is 0 Å². The highest BCUT2D eigenvalue weighted by atomic mass is 32.1. The maximum atomic E-state index is 6.89. The lowest BCUT2D eigenvalue weighted by atomic mass is 10.0. The summed E-state index contributed by atoms with van der Waals surface area (Å²) in [5.74, 6) is 0. The van der Waals surface area contributed by atoms with Crippen molar-refractivity contribution >= 4 is 87.6 Å². The van der Waals surface area contributed by atoms with E-state index in [1.54, 1.807) is 0 Å². The van der Waals surface area contributed by atoms with Crippen LogP contribution >= 0.6 is 11.3 Å². The molecule has 0 aliphatic heterocycles. The largest absolute Gasteiger partial charge is 0.454 e. The maximum Gasteiger partial charge on any atom is 0.159 e. The van der Waals surface area contributed by atoms with E-state index in [0.717, 1.165) is 56.1 Å². The second-order valence-electron chi connectivity index (χ2n) is 13.0. The average Bonchev–Trinajstić information content (AvgIpc) is 3.78. The van der Waals surface area contributed by atoms with Gasteiger partial charge in [0.2, 0.25) is 0 Å². The summed E-state index contributed by atoms with van der Waals surface area (Å²) in [5.41, 5.74) is 10.4.